The molecule has 5 nitrogen and oxygen atoms in total. The molecular weight excluding hydrogens is 439 g/mol. The van der Waals surface area contributed by atoms with Gasteiger partial charge in [0.1, 0.15) is 16.1 Å². The minimum Gasteiger partial charge on any atom is -0.591 e. The van der Waals surface area contributed by atoms with Gasteiger partial charge < -0.3 is 14.6 Å². The van der Waals surface area contributed by atoms with Crippen LogP contribution in [0.4, 0.5) is 4.79 Å². The van der Waals surface area contributed by atoms with E-state index in [9.17, 15) is 14.5 Å². The van der Waals surface area contributed by atoms with Gasteiger partial charge in [-0.25, -0.2) is 4.79 Å². The Morgan fingerprint density at radius 3 is 2.46 bits per heavy atom. The molecule has 1 saturated heterocycles. The van der Waals surface area contributed by atoms with Gasteiger partial charge in [-0.3, -0.25) is 0 Å². The lowest BCUT2D eigenvalue weighted by Gasteiger charge is -2.39. The Morgan fingerprint density at radius 1 is 1.38 bits per heavy atom. The van der Waals surface area contributed by atoms with E-state index >= 15 is 0 Å². The molecule has 0 radical (unpaired) electrons. The van der Waals surface area contributed by atoms with Crippen LogP contribution in [-0.4, -0.2) is 44.7 Å². The summed E-state index contributed by atoms with van der Waals surface area (Å²) < 4.78 is 17.4. The minimum atomic E-state index is -1.33. The maximum atomic E-state index is 12.3. The van der Waals surface area contributed by atoms with E-state index < -0.39 is 22.2 Å². The highest BCUT2D eigenvalue weighted by Crippen LogP contribution is 2.37. The fourth-order valence-electron chi connectivity index (χ4n) is 2.74. The first-order valence-electron chi connectivity index (χ1n) is 7.86. The second-order valence-corrected chi connectivity index (χ2v) is 10.1. The van der Waals surface area contributed by atoms with Crippen molar-refractivity contribution in [2.24, 2.45) is 4.40 Å². The van der Waals surface area contributed by atoms with Crippen LogP contribution in [0.3, 0.4) is 0 Å². The van der Waals surface area contributed by atoms with Crippen molar-refractivity contribution in [3.63, 3.8) is 0 Å². The number of halogens is 1. The van der Waals surface area contributed by atoms with Gasteiger partial charge in [0.2, 0.25) is 0 Å². The molecule has 2 rings (SSSR count). The van der Waals surface area contributed by atoms with E-state index in [-0.39, 0.29) is 5.41 Å². The van der Waals surface area contributed by atoms with E-state index in [1.807, 2.05) is 45.2 Å². The van der Waals surface area contributed by atoms with Gasteiger partial charge in [0, 0.05) is 22.1 Å². The van der Waals surface area contributed by atoms with Crippen LogP contribution < -0.4 is 0 Å². The Hall–Kier alpha value is -0.800. The second-order valence-electron chi connectivity index (χ2n) is 7.00. The average Bonchev–Trinajstić information content (AvgIpc) is 2.52. The van der Waals surface area contributed by atoms with Gasteiger partial charge >= 0.3 is 6.09 Å². The lowest BCUT2D eigenvalue weighted by atomic mass is 9.74. The van der Waals surface area contributed by atoms with E-state index in [0.29, 0.717) is 25.9 Å². The molecule has 7 heteroatoms. The van der Waals surface area contributed by atoms with Gasteiger partial charge in [0.05, 0.1) is 6.21 Å². The van der Waals surface area contributed by atoms with Crippen molar-refractivity contribution in [1.82, 2.24) is 4.90 Å². The van der Waals surface area contributed by atoms with E-state index in [0.717, 1.165) is 9.13 Å². The summed E-state index contributed by atoms with van der Waals surface area (Å²) in [6.45, 7) is 6.59. The summed E-state index contributed by atoms with van der Waals surface area (Å²) in [7, 11) is 0. The predicted molar refractivity (Wildman–Crippen MR) is 106 cm³/mol. The summed E-state index contributed by atoms with van der Waals surface area (Å²) >= 11 is 0.971. The van der Waals surface area contributed by atoms with Crippen molar-refractivity contribution in [2.45, 2.75) is 43.8 Å². The van der Waals surface area contributed by atoms with Crippen LogP contribution in [0.2, 0.25) is 0 Å². The molecule has 0 bridgehead atoms. The Kier molecular flexibility index (Phi) is 6.19. The highest BCUT2D eigenvalue weighted by atomic mass is 127. The number of hydrogen-bond donors (Lipinski definition) is 1. The molecule has 1 heterocycles. The van der Waals surface area contributed by atoms with Crippen LogP contribution in [0.1, 0.15) is 39.2 Å². The van der Waals surface area contributed by atoms with Gasteiger partial charge in [0.15, 0.2) is 0 Å². The van der Waals surface area contributed by atoms with E-state index in [1.54, 1.807) is 0 Å². The first-order chi connectivity index (χ1) is 11.2. The molecule has 1 fully saturated rings. The number of piperidine rings is 1. The summed E-state index contributed by atoms with van der Waals surface area (Å²) in [4.78, 5) is 12.6. The van der Waals surface area contributed by atoms with Crippen LogP contribution in [0.25, 0.3) is 0 Å². The lowest BCUT2D eigenvalue weighted by molar-refractivity contribution is 0.127. The molecule has 1 aliphatic heterocycles. The molecule has 1 atom stereocenters. The summed E-state index contributed by atoms with van der Waals surface area (Å²) in [6.07, 6.45) is 2.21. The largest absolute Gasteiger partial charge is 0.591 e. The first kappa shape index (κ1) is 19.5. The molecule has 0 aliphatic carbocycles. The van der Waals surface area contributed by atoms with E-state index in [2.05, 4.69) is 33.1 Å². The van der Waals surface area contributed by atoms with Gasteiger partial charge in [-0.05, 0) is 67.8 Å². The van der Waals surface area contributed by atoms with Crippen LogP contribution in [-0.2, 0) is 16.8 Å². The molecule has 132 valence electrons. The van der Waals surface area contributed by atoms with Crippen LogP contribution in [0, 0.1) is 3.57 Å². The molecule has 24 heavy (non-hydrogen) atoms. The lowest BCUT2D eigenvalue weighted by Crippen LogP contribution is -2.46. The zero-order chi connectivity index (χ0) is 18.0. The number of likely N-dealkylation sites (tertiary alicyclic amines) is 1. The molecule has 1 amide bonds. The van der Waals surface area contributed by atoms with E-state index in [1.165, 1.54) is 4.90 Å². The monoisotopic (exact) mass is 462 g/mol. The van der Waals surface area contributed by atoms with Crippen molar-refractivity contribution in [2.75, 3.05) is 13.1 Å². The minimum absolute atomic E-state index is 0.370. The fraction of sp³-hybridized carbons (Fsp3) is 0.529. The van der Waals surface area contributed by atoms with E-state index in [4.69, 9.17) is 0 Å². The van der Waals surface area contributed by atoms with Crippen LogP contribution in [0.15, 0.2) is 28.7 Å². The van der Waals surface area contributed by atoms with Crippen molar-refractivity contribution < 1.29 is 14.5 Å². The summed E-state index contributed by atoms with van der Waals surface area (Å²) in [5.74, 6) is 0. The standard InChI is InChI=1S/C17H23IN2O3S/c1-16(2,3)24(23)19-12-17(13-6-4-5-7-14(13)18)8-10-20(11-9-17)15(21)22/h4-7,12H,8-11H2,1-3H3,(H,21,22)/b19-12-. The maximum absolute atomic E-state index is 12.3. The molecule has 1 aromatic rings. The Bertz CT molecular complexity index is 623. The number of hydrogen-bond acceptors (Lipinski definition) is 3. The number of amides is 1. The summed E-state index contributed by atoms with van der Waals surface area (Å²) in [5, 5.41) is 9.20. The number of carbonyl (C=O) groups is 1. The summed E-state index contributed by atoms with van der Waals surface area (Å²) in [5.41, 5.74) is 0.760. The van der Waals surface area contributed by atoms with Crippen molar-refractivity contribution in [3.8, 4) is 0 Å². The molecular formula is C17H23IN2O3S. The first-order valence-corrected chi connectivity index (χ1v) is 10.0. The maximum Gasteiger partial charge on any atom is 0.407 e. The molecule has 0 saturated carbocycles. The van der Waals surface area contributed by atoms with Gasteiger partial charge in [-0.15, -0.1) is 0 Å². The Labute approximate surface area is 160 Å². The zero-order valence-corrected chi connectivity index (χ0v) is 17.1. The highest BCUT2D eigenvalue weighted by molar-refractivity contribution is 14.1. The summed E-state index contributed by atoms with van der Waals surface area (Å²) in [6, 6.07) is 8.06. The SMILES string of the molecule is CC(C)(C)[S+]([O-])/N=C\C1(c2ccccc2I)CCN(C(=O)O)CC1. The third kappa shape index (κ3) is 4.43. The zero-order valence-electron chi connectivity index (χ0n) is 14.2. The molecule has 1 aliphatic rings. The predicted octanol–water partition coefficient (Wildman–Crippen LogP) is 3.84. The molecule has 1 N–H and O–H groups in total. The number of rotatable bonds is 3. The highest BCUT2D eigenvalue weighted by Gasteiger charge is 2.39. The van der Waals surface area contributed by atoms with Gasteiger partial charge in [0.25, 0.3) is 0 Å². The Balaban J connectivity index is 2.35. The number of benzene rings is 1. The number of nitrogens with zero attached hydrogens (tertiary/aromatic N) is 2. The van der Waals surface area contributed by atoms with Crippen LogP contribution in [0.5, 0.6) is 0 Å². The molecule has 1 unspecified atom stereocenters. The fourth-order valence-corrected chi connectivity index (χ4v) is 4.28. The van der Waals surface area contributed by atoms with Gasteiger partial charge in [-0.1, -0.05) is 22.6 Å². The van der Waals surface area contributed by atoms with Crippen molar-refractivity contribution in [1.29, 1.82) is 0 Å². The molecule has 1 aromatic carbocycles. The molecule has 0 spiro atoms. The number of carboxylic acid groups (broad SMARTS) is 1. The van der Waals surface area contributed by atoms with Crippen molar-refractivity contribution >= 4 is 46.3 Å². The van der Waals surface area contributed by atoms with Gasteiger partial charge in [-0.2, -0.15) is 0 Å². The van der Waals surface area contributed by atoms with Crippen LogP contribution >= 0.6 is 22.6 Å². The Morgan fingerprint density at radius 2 is 1.96 bits per heavy atom. The third-order valence-electron chi connectivity index (χ3n) is 4.26. The normalized spacial score (nSPS) is 19.5. The quantitative estimate of drug-likeness (QED) is 0.422. The average molecular weight is 462 g/mol. The third-order valence-corrected chi connectivity index (χ3v) is 6.54. The topological polar surface area (TPSA) is 76.0 Å². The smallest absolute Gasteiger partial charge is 0.407 e. The van der Waals surface area contributed by atoms with Crippen molar-refractivity contribution in [3.05, 3.63) is 33.4 Å². The molecule has 0 aromatic heterocycles. The second kappa shape index (κ2) is 7.61.